The van der Waals surface area contributed by atoms with Crippen LogP contribution in [0.2, 0.25) is 10.0 Å². The first-order chi connectivity index (χ1) is 18.6. The molecule has 0 unspecified atom stereocenters. The Kier molecular flexibility index (Phi) is 8.48. The Morgan fingerprint density at radius 2 is 1.72 bits per heavy atom. The summed E-state index contributed by atoms with van der Waals surface area (Å²) in [5.74, 6) is 0.210. The number of nitrogens with zero attached hydrogens (tertiary/aromatic N) is 3. The number of para-hydroxylation sites is 1. The van der Waals surface area contributed by atoms with Crippen LogP contribution in [0.15, 0.2) is 66.7 Å². The van der Waals surface area contributed by atoms with Crippen LogP contribution in [0.4, 0.5) is 13.2 Å². The normalized spacial score (nSPS) is 11.2. The van der Waals surface area contributed by atoms with Crippen molar-refractivity contribution in [3.63, 3.8) is 0 Å². The second-order valence-electron chi connectivity index (χ2n) is 8.51. The summed E-state index contributed by atoms with van der Waals surface area (Å²) in [6, 6.07) is 19.9. The largest absolute Gasteiger partial charge is 0.487 e. The van der Waals surface area contributed by atoms with Gasteiger partial charge in [-0.2, -0.15) is 23.5 Å². The van der Waals surface area contributed by atoms with E-state index in [-0.39, 0.29) is 46.9 Å². The summed E-state index contributed by atoms with van der Waals surface area (Å²) in [5.41, 5.74) is 2.11. The number of aromatic nitrogens is 2. The molecule has 39 heavy (non-hydrogen) atoms. The molecule has 6 nitrogen and oxygen atoms in total. The number of carbonyl (C=O) groups is 1. The molecule has 0 bridgehead atoms. The SMILES string of the molecule is Cc1cc(-c2ccc(C(=O)NCCC#N)cc2)ccc1OCc1cc(C(F)(F)F)nn1-c1c(Cl)cccc1Cl. The summed E-state index contributed by atoms with van der Waals surface area (Å²) < 4.78 is 47.3. The molecular formula is C28H21Cl2F3N4O2. The molecule has 0 aliphatic rings. The number of aryl methyl sites for hydroxylation is 1. The Balaban J connectivity index is 1.53. The molecule has 200 valence electrons. The molecule has 0 saturated heterocycles. The Morgan fingerprint density at radius 1 is 1.05 bits per heavy atom. The van der Waals surface area contributed by atoms with Gasteiger partial charge in [-0.05, 0) is 66.1 Å². The maximum atomic E-state index is 13.5. The first kappa shape index (κ1) is 28.0. The number of amides is 1. The average molecular weight is 573 g/mol. The number of ether oxygens (including phenoxy) is 1. The maximum absolute atomic E-state index is 13.5. The highest BCUT2D eigenvalue weighted by Crippen LogP contribution is 2.34. The van der Waals surface area contributed by atoms with Gasteiger partial charge in [-0.25, -0.2) is 4.68 Å². The average Bonchev–Trinajstić information content (AvgIpc) is 3.32. The molecule has 4 aromatic rings. The maximum Gasteiger partial charge on any atom is 0.435 e. The molecule has 3 aromatic carbocycles. The zero-order valence-corrected chi connectivity index (χ0v) is 22.0. The zero-order valence-electron chi connectivity index (χ0n) is 20.5. The number of rotatable bonds is 8. The van der Waals surface area contributed by atoms with Crippen LogP contribution in [-0.4, -0.2) is 22.2 Å². The minimum Gasteiger partial charge on any atom is -0.487 e. The van der Waals surface area contributed by atoms with E-state index >= 15 is 0 Å². The van der Waals surface area contributed by atoms with Gasteiger partial charge in [0.05, 0.1) is 28.2 Å². The van der Waals surface area contributed by atoms with Crippen LogP contribution in [-0.2, 0) is 12.8 Å². The van der Waals surface area contributed by atoms with Crippen molar-refractivity contribution < 1.29 is 22.7 Å². The number of benzene rings is 3. The van der Waals surface area contributed by atoms with E-state index in [1.54, 1.807) is 36.4 Å². The van der Waals surface area contributed by atoms with Gasteiger partial charge in [0.2, 0.25) is 0 Å². The smallest absolute Gasteiger partial charge is 0.435 e. The summed E-state index contributed by atoms with van der Waals surface area (Å²) in [4.78, 5) is 12.1. The van der Waals surface area contributed by atoms with Crippen LogP contribution in [0, 0.1) is 18.3 Å². The van der Waals surface area contributed by atoms with Gasteiger partial charge in [0.1, 0.15) is 18.0 Å². The van der Waals surface area contributed by atoms with Gasteiger partial charge in [-0.3, -0.25) is 4.79 Å². The molecule has 1 N–H and O–H groups in total. The van der Waals surface area contributed by atoms with Gasteiger partial charge in [0.25, 0.3) is 5.91 Å². The molecule has 0 spiro atoms. The molecule has 11 heteroatoms. The number of nitrogens with one attached hydrogen (secondary N) is 1. The quantitative estimate of drug-likeness (QED) is 0.223. The monoisotopic (exact) mass is 572 g/mol. The van der Waals surface area contributed by atoms with Crippen molar-refractivity contribution in [3.05, 3.63) is 99.3 Å². The minimum absolute atomic E-state index is 0.115. The van der Waals surface area contributed by atoms with Gasteiger partial charge in [0, 0.05) is 12.1 Å². The molecule has 0 aliphatic carbocycles. The topological polar surface area (TPSA) is 79.9 Å². The molecule has 1 heterocycles. The van der Waals surface area contributed by atoms with Crippen molar-refractivity contribution in [1.29, 1.82) is 5.26 Å². The zero-order chi connectivity index (χ0) is 28.2. The summed E-state index contributed by atoms with van der Waals surface area (Å²) in [7, 11) is 0. The van der Waals surface area contributed by atoms with E-state index in [0.29, 0.717) is 11.3 Å². The second kappa shape index (κ2) is 11.8. The Bertz CT molecular complexity index is 1520. The van der Waals surface area contributed by atoms with Crippen LogP contribution in [0.5, 0.6) is 5.75 Å². The number of nitriles is 1. The summed E-state index contributed by atoms with van der Waals surface area (Å²) in [5, 5.41) is 15.3. The molecule has 0 fully saturated rings. The second-order valence-corrected chi connectivity index (χ2v) is 9.33. The highest BCUT2D eigenvalue weighted by Gasteiger charge is 2.35. The van der Waals surface area contributed by atoms with E-state index in [9.17, 15) is 18.0 Å². The Labute approximate surface area is 232 Å². The van der Waals surface area contributed by atoms with Crippen LogP contribution in [0.1, 0.15) is 33.7 Å². The number of alkyl halides is 3. The molecule has 0 atom stereocenters. The standard InChI is InChI=1S/C28H21Cl2F3N4O2/c1-17-14-20(18-6-8-19(9-7-18)27(38)35-13-3-12-34)10-11-24(17)39-16-21-15-25(28(31,32)33)36-37(21)26-22(29)4-2-5-23(26)30/h2,4-11,14-15H,3,13,16H2,1H3,(H,35,38). The minimum atomic E-state index is -4.67. The number of hydrogen-bond donors (Lipinski definition) is 1. The lowest BCUT2D eigenvalue weighted by Crippen LogP contribution is -2.24. The van der Waals surface area contributed by atoms with Crippen molar-refractivity contribution in [2.24, 2.45) is 0 Å². The lowest BCUT2D eigenvalue weighted by atomic mass is 10.0. The fraction of sp³-hybridized carbons (Fsp3) is 0.179. The number of halogens is 5. The fourth-order valence-corrected chi connectivity index (χ4v) is 4.39. The number of hydrogen-bond acceptors (Lipinski definition) is 4. The first-order valence-corrected chi connectivity index (χ1v) is 12.4. The molecule has 4 rings (SSSR count). The van der Waals surface area contributed by atoms with Gasteiger partial charge in [-0.15, -0.1) is 0 Å². The van der Waals surface area contributed by atoms with Crippen LogP contribution < -0.4 is 10.1 Å². The molecule has 0 radical (unpaired) electrons. The summed E-state index contributed by atoms with van der Waals surface area (Å²) in [6.07, 6.45) is -4.44. The highest BCUT2D eigenvalue weighted by atomic mass is 35.5. The lowest BCUT2D eigenvalue weighted by Gasteiger charge is -2.14. The van der Waals surface area contributed by atoms with Crippen molar-refractivity contribution >= 4 is 29.1 Å². The third kappa shape index (κ3) is 6.53. The molecule has 1 aromatic heterocycles. The van der Waals surface area contributed by atoms with Gasteiger partial charge < -0.3 is 10.1 Å². The number of carbonyl (C=O) groups excluding carboxylic acids is 1. The van der Waals surface area contributed by atoms with E-state index in [2.05, 4.69) is 10.4 Å². The van der Waals surface area contributed by atoms with Crippen molar-refractivity contribution in [2.45, 2.75) is 26.1 Å². The van der Waals surface area contributed by atoms with E-state index in [4.69, 9.17) is 33.2 Å². The lowest BCUT2D eigenvalue weighted by molar-refractivity contribution is -0.141. The summed E-state index contributed by atoms with van der Waals surface area (Å²) in [6.45, 7) is 1.88. The van der Waals surface area contributed by atoms with Gasteiger partial charge in [0.15, 0.2) is 5.69 Å². The van der Waals surface area contributed by atoms with Crippen LogP contribution >= 0.6 is 23.2 Å². The van der Waals surface area contributed by atoms with Gasteiger partial charge in [-0.1, -0.05) is 47.5 Å². The Hall–Kier alpha value is -4.00. The van der Waals surface area contributed by atoms with E-state index in [0.717, 1.165) is 27.4 Å². The van der Waals surface area contributed by atoms with Gasteiger partial charge >= 0.3 is 6.18 Å². The van der Waals surface area contributed by atoms with Crippen LogP contribution in [0.3, 0.4) is 0 Å². The predicted octanol–water partition coefficient (Wildman–Crippen LogP) is 7.40. The summed E-state index contributed by atoms with van der Waals surface area (Å²) >= 11 is 12.5. The third-order valence-electron chi connectivity index (χ3n) is 5.78. The van der Waals surface area contributed by atoms with E-state index in [1.165, 1.54) is 12.1 Å². The van der Waals surface area contributed by atoms with E-state index < -0.39 is 11.9 Å². The molecular weight excluding hydrogens is 552 g/mol. The molecule has 1 amide bonds. The van der Waals surface area contributed by atoms with Crippen molar-refractivity contribution in [1.82, 2.24) is 15.1 Å². The predicted molar refractivity (Wildman–Crippen MR) is 142 cm³/mol. The van der Waals surface area contributed by atoms with E-state index in [1.807, 2.05) is 25.1 Å². The van der Waals surface area contributed by atoms with Crippen LogP contribution in [0.25, 0.3) is 16.8 Å². The van der Waals surface area contributed by atoms with Crippen molar-refractivity contribution in [2.75, 3.05) is 6.54 Å². The molecule has 0 saturated carbocycles. The fourth-order valence-electron chi connectivity index (χ4n) is 3.84. The third-order valence-corrected chi connectivity index (χ3v) is 6.39. The highest BCUT2D eigenvalue weighted by molar-refractivity contribution is 6.37. The van der Waals surface area contributed by atoms with Crippen molar-refractivity contribution in [3.8, 4) is 28.6 Å². The first-order valence-electron chi connectivity index (χ1n) is 11.7. The Morgan fingerprint density at radius 3 is 2.33 bits per heavy atom. The molecule has 0 aliphatic heterocycles.